The summed E-state index contributed by atoms with van der Waals surface area (Å²) < 4.78 is 40.6. The molecule has 1 atom stereocenters. The van der Waals surface area contributed by atoms with E-state index in [1.807, 2.05) is 0 Å². The maximum Gasteiger partial charge on any atom is 0.251 e. The van der Waals surface area contributed by atoms with Gasteiger partial charge in [0.1, 0.15) is 10.7 Å². The number of rotatable bonds is 7. The molecule has 0 radical (unpaired) electrons. The van der Waals surface area contributed by atoms with Gasteiger partial charge >= 0.3 is 0 Å². The van der Waals surface area contributed by atoms with Gasteiger partial charge in [-0.05, 0) is 36.8 Å². The van der Waals surface area contributed by atoms with Crippen LogP contribution >= 0.6 is 11.6 Å². The third-order valence-electron chi connectivity index (χ3n) is 4.24. The summed E-state index contributed by atoms with van der Waals surface area (Å²) in [5.41, 5.74) is 0.784. The highest BCUT2D eigenvalue weighted by Gasteiger charge is 2.26. The van der Waals surface area contributed by atoms with E-state index in [-0.39, 0.29) is 18.7 Å². The Morgan fingerprint density at radius 2 is 1.81 bits per heavy atom. The molecular weight excluding hydrogens is 391 g/mol. The average Bonchev–Trinajstić information content (AvgIpc) is 2.62. The third-order valence-corrected chi connectivity index (χ3v) is 6.65. The van der Waals surface area contributed by atoms with Crippen LogP contribution in [-0.4, -0.2) is 31.7 Å². The van der Waals surface area contributed by atoms with E-state index in [9.17, 15) is 17.6 Å². The van der Waals surface area contributed by atoms with Gasteiger partial charge in [0.05, 0.1) is 6.04 Å². The number of sulfonamides is 1. The van der Waals surface area contributed by atoms with E-state index in [1.165, 1.54) is 6.07 Å². The maximum atomic E-state index is 14.2. The standard InChI is InChI=1S/C19H22ClFN2O3S/c1-4-23(5-2)27(25,26)18-12-14(10-11-17(18)21)19(24)22-13(3)15-8-6-7-9-16(15)20/h6-13H,4-5H2,1-3H3,(H,22,24). The van der Waals surface area contributed by atoms with Crippen LogP contribution in [0.2, 0.25) is 5.02 Å². The summed E-state index contributed by atoms with van der Waals surface area (Å²) in [6.07, 6.45) is 0. The first-order valence-corrected chi connectivity index (χ1v) is 10.4. The first-order chi connectivity index (χ1) is 12.7. The van der Waals surface area contributed by atoms with E-state index >= 15 is 0 Å². The lowest BCUT2D eigenvalue weighted by Crippen LogP contribution is -2.32. The van der Waals surface area contributed by atoms with Gasteiger partial charge in [0.2, 0.25) is 10.0 Å². The molecule has 146 valence electrons. The fourth-order valence-electron chi connectivity index (χ4n) is 2.73. The van der Waals surface area contributed by atoms with Gasteiger partial charge < -0.3 is 5.32 Å². The van der Waals surface area contributed by atoms with Crippen molar-refractivity contribution in [3.8, 4) is 0 Å². The molecule has 0 aliphatic heterocycles. The Hall–Kier alpha value is -1.96. The van der Waals surface area contributed by atoms with Gasteiger partial charge in [-0.25, -0.2) is 12.8 Å². The van der Waals surface area contributed by atoms with Crippen molar-refractivity contribution in [3.05, 3.63) is 64.4 Å². The third kappa shape index (κ3) is 4.66. The number of hydrogen-bond acceptors (Lipinski definition) is 3. The van der Waals surface area contributed by atoms with Crippen LogP contribution in [0.4, 0.5) is 4.39 Å². The Morgan fingerprint density at radius 3 is 2.41 bits per heavy atom. The predicted molar refractivity (Wildman–Crippen MR) is 104 cm³/mol. The normalized spacial score (nSPS) is 12.8. The summed E-state index contributed by atoms with van der Waals surface area (Å²) in [6, 6.07) is 10.00. The summed E-state index contributed by atoms with van der Waals surface area (Å²) in [5.74, 6) is -1.41. The lowest BCUT2D eigenvalue weighted by atomic mass is 10.1. The van der Waals surface area contributed by atoms with Crippen molar-refractivity contribution in [3.63, 3.8) is 0 Å². The minimum Gasteiger partial charge on any atom is -0.345 e. The lowest BCUT2D eigenvalue weighted by molar-refractivity contribution is 0.0939. The van der Waals surface area contributed by atoms with Gasteiger partial charge in [-0.15, -0.1) is 0 Å². The largest absolute Gasteiger partial charge is 0.345 e. The van der Waals surface area contributed by atoms with Crippen LogP contribution in [-0.2, 0) is 10.0 Å². The number of hydrogen-bond donors (Lipinski definition) is 1. The van der Waals surface area contributed by atoms with Crippen LogP contribution in [0.5, 0.6) is 0 Å². The van der Waals surface area contributed by atoms with Crippen LogP contribution in [0.1, 0.15) is 42.7 Å². The van der Waals surface area contributed by atoms with Gasteiger partial charge in [0, 0.05) is 23.7 Å². The van der Waals surface area contributed by atoms with Crippen molar-refractivity contribution >= 4 is 27.5 Å². The molecule has 1 unspecified atom stereocenters. The fourth-order valence-corrected chi connectivity index (χ4v) is 4.58. The molecule has 2 rings (SSSR count). The monoisotopic (exact) mass is 412 g/mol. The summed E-state index contributed by atoms with van der Waals surface area (Å²) >= 11 is 6.14. The van der Waals surface area contributed by atoms with E-state index in [1.54, 1.807) is 45.0 Å². The van der Waals surface area contributed by atoms with Crippen LogP contribution in [0.25, 0.3) is 0 Å². The fraction of sp³-hybridized carbons (Fsp3) is 0.316. The molecule has 1 amide bonds. The van der Waals surface area contributed by atoms with E-state index in [0.29, 0.717) is 5.02 Å². The summed E-state index contributed by atoms with van der Waals surface area (Å²) in [4.78, 5) is 12.0. The van der Waals surface area contributed by atoms with E-state index in [2.05, 4.69) is 5.32 Å². The minimum atomic E-state index is -4.02. The van der Waals surface area contributed by atoms with Gasteiger partial charge in [-0.1, -0.05) is 43.6 Å². The molecule has 0 saturated heterocycles. The van der Waals surface area contributed by atoms with Crippen molar-refractivity contribution in [2.45, 2.75) is 31.7 Å². The zero-order valence-electron chi connectivity index (χ0n) is 15.4. The Morgan fingerprint density at radius 1 is 1.19 bits per heavy atom. The molecule has 27 heavy (non-hydrogen) atoms. The average molecular weight is 413 g/mol. The first-order valence-electron chi connectivity index (χ1n) is 8.57. The number of amides is 1. The quantitative estimate of drug-likeness (QED) is 0.747. The highest BCUT2D eigenvalue weighted by Crippen LogP contribution is 2.24. The smallest absolute Gasteiger partial charge is 0.251 e. The first kappa shape index (κ1) is 21.3. The second kappa shape index (κ2) is 8.82. The van der Waals surface area contributed by atoms with Crippen molar-refractivity contribution in [2.24, 2.45) is 0 Å². The summed E-state index contributed by atoms with van der Waals surface area (Å²) in [5, 5.41) is 3.26. The van der Waals surface area contributed by atoms with Gasteiger partial charge in [-0.3, -0.25) is 4.79 Å². The predicted octanol–water partition coefficient (Wildman–Crippen LogP) is 4.00. The Balaban J connectivity index is 2.32. The Labute approximate surface area is 164 Å². The van der Waals surface area contributed by atoms with Crippen LogP contribution in [0.3, 0.4) is 0 Å². The highest BCUT2D eigenvalue weighted by atomic mass is 35.5. The molecule has 0 bridgehead atoms. The van der Waals surface area contributed by atoms with Crippen molar-refractivity contribution in [1.82, 2.24) is 9.62 Å². The van der Waals surface area contributed by atoms with Crippen molar-refractivity contribution in [2.75, 3.05) is 13.1 Å². The molecular formula is C19H22ClFN2O3S. The van der Waals surface area contributed by atoms with Gasteiger partial charge in [0.25, 0.3) is 5.91 Å². The SMILES string of the molecule is CCN(CC)S(=O)(=O)c1cc(C(=O)NC(C)c2ccccc2Cl)ccc1F. The molecule has 0 aliphatic carbocycles. The Kier molecular flexibility index (Phi) is 6.97. The molecule has 5 nitrogen and oxygen atoms in total. The number of carbonyl (C=O) groups excluding carboxylic acids is 1. The number of halogens is 2. The summed E-state index contributed by atoms with van der Waals surface area (Å²) in [7, 11) is -4.02. The second-order valence-corrected chi connectivity index (χ2v) is 8.26. The molecule has 0 spiro atoms. The number of nitrogens with one attached hydrogen (secondary N) is 1. The molecule has 0 heterocycles. The zero-order valence-corrected chi connectivity index (χ0v) is 16.9. The number of carbonyl (C=O) groups is 1. The topological polar surface area (TPSA) is 66.5 Å². The van der Waals surface area contributed by atoms with Crippen molar-refractivity contribution in [1.29, 1.82) is 0 Å². The van der Waals surface area contributed by atoms with Crippen LogP contribution < -0.4 is 5.32 Å². The highest BCUT2D eigenvalue weighted by molar-refractivity contribution is 7.89. The Bertz CT molecular complexity index is 930. The van der Waals surface area contributed by atoms with Gasteiger partial charge in [-0.2, -0.15) is 4.31 Å². The number of nitrogens with zero attached hydrogens (tertiary/aromatic N) is 1. The minimum absolute atomic E-state index is 0.0565. The van der Waals surface area contributed by atoms with Gasteiger partial charge in [0.15, 0.2) is 0 Å². The molecule has 2 aromatic carbocycles. The van der Waals surface area contributed by atoms with E-state index in [4.69, 9.17) is 11.6 Å². The molecule has 0 fully saturated rings. The van der Waals surface area contributed by atoms with E-state index < -0.39 is 32.7 Å². The number of benzene rings is 2. The zero-order chi connectivity index (χ0) is 20.2. The molecule has 0 aliphatic rings. The second-order valence-electron chi connectivity index (χ2n) is 5.95. The molecule has 0 saturated carbocycles. The molecule has 8 heteroatoms. The summed E-state index contributed by atoms with van der Waals surface area (Å²) in [6.45, 7) is 5.51. The van der Waals surface area contributed by atoms with E-state index in [0.717, 1.165) is 22.0 Å². The van der Waals surface area contributed by atoms with Crippen molar-refractivity contribution < 1.29 is 17.6 Å². The lowest BCUT2D eigenvalue weighted by Gasteiger charge is -2.20. The molecule has 0 aromatic heterocycles. The molecule has 2 aromatic rings. The van der Waals surface area contributed by atoms with Crippen LogP contribution in [0, 0.1) is 5.82 Å². The van der Waals surface area contributed by atoms with Crippen LogP contribution in [0.15, 0.2) is 47.4 Å². The molecule has 1 N–H and O–H groups in total. The maximum absolute atomic E-state index is 14.2.